The van der Waals surface area contributed by atoms with Crippen molar-refractivity contribution in [2.45, 2.75) is 19.6 Å². The highest BCUT2D eigenvalue weighted by Crippen LogP contribution is 2.22. The van der Waals surface area contributed by atoms with Gasteiger partial charge in [-0.25, -0.2) is 4.39 Å². The summed E-state index contributed by atoms with van der Waals surface area (Å²) in [6.07, 6.45) is 0. The lowest BCUT2D eigenvalue weighted by atomic mass is 10.1. The van der Waals surface area contributed by atoms with Crippen LogP contribution in [0, 0.1) is 5.82 Å². The molecule has 2 aromatic carbocycles. The summed E-state index contributed by atoms with van der Waals surface area (Å²) in [5, 5.41) is 9.32. The third-order valence-corrected chi connectivity index (χ3v) is 2.79. The van der Waals surface area contributed by atoms with Crippen molar-refractivity contribution in [3.63, 3.8) is 0 Å². The number of hydrogen-bond acceptors (Lipinski definition) is 3. The van der Waals surface area contributed by atoms with Gasteiger partial charge in [-0.05, 0) is 42.3 Å². The van der Waals surface area contributed by atoms with E-state index in [9.17, 15) is 9.50 Å². The average molecular weight is 261 g/mol. The van der Waals surface area contributed by atoms with Gasteiger partial charge < -0.3 is 15.6 Å². The van der Waals surface area contributed by atoms with Gasteiger partial charge in [0.05, 0.1) is 0 Å². The smallest absolute Gasteiger partial charge is 0.165 e. The summed E-state index contributed by atoms with van der Waals surface area (Å²) in [5.74, 6) is -0.100. The molecule has 4 heteroatoms. The van der Waals surface area contributed by atoms with Crippen LogP contribution < -0.4 is 10.5 Å². The van der Waals surface area contributed by atoms with Crippen LogP contribution in [0.5, 0.6) is 11.5 Å². The van der Waals surface area contributed by atoms with Crippen molar-refractivity contribution >= 4 is 0 Å². The molecular formula is C15H16FNO2. The number of nitrogens with two attached hydrogens (primary N) is 1. The van der Waals surface area contributed by atoms with Crippen molar-refractivity contribution in [3.8, 4) is 11.5 Å². The Morgan fingerprint density at radius 3 is 2.68 bits per heavy atom. The van der Waals surface area contributed by atoms with Gasteiger partial charge in [-0.3, -0.25) is 0 Å². The molecule has 19 heavy (non-hydrogen) atoms. The van der Waals surface area contributed by atoms with Crippen LogP contribution >= 0.6 is 0 Å². The minimum Gasteiger partial charge on any atom is -0.508 e. The second kappa shape index (κ2) is 5.71. The summed E-state index contributed by atoms with van der Waals surface area (Å²) >= 11 is 0. The maximum atomic E-state index is 13.8. The third-order valence-electron chi connectivity index (χ3n) is 2.79. The molecule has 0 aliphatic rings. The lowest BCUT2D eigenvalue weighted by Gasteiger charge is -2.10. The van der Waals surface area contributed by atoms with E-state index in [2.05, 4.69) is 0 Å². The van der Waals surface area contributed by atoms with Gasteiger partial charge in [0.1, 0.15) is 12.4 Å². The van der Waals surface area contributed by atoms with Gasteiger partial charge in [0.25, 0.3) is 0 Å². The van der Waals surface area contributed by atoms with E-state index in [1.165, 1.54) is 6.07 Å². The second-order valence-corrected chi connectivity index (χ2v) is 4.44. The molecule has 2 rings (SSSR count). The van der Waals surface area contributed by atoms with E-state index in [0.717, 1.165) is 11.1 Å². The fraction of sp³-hybridized carbons (Fsp3) is 0.200. The van der Waals surface area contributed by atoms with Gasteiger partial charge in [0.2, 0.25) is 0 Å². The molecule has 0 aliphatic heterocycles. The zero-order valence-electron chi connectivity index (χ0n) is 10.6. The molecule has 0 unspecified atom stereocenters. The van der Waals surface area contributed by atoms with Crippen molar-refractivity contribution in [1.29, 1.82) is 0 Å². The van der Waals surface area contributed by atoms with Gasteiger partial charge in [0.15, 0.2) is 11.6 Å². The Morgan fingerprint density at radius 2 is 2.05 bits per heavy atom. The number of rotatable bonds is 4. The number of hydrogen-bond donors (Lipinski definition) is 2. The summed E-state index contributed by atoms with van der Waals surface area (Å²) < 4.78 is 19.1. The molecule has 0 spiro atoms. The number of aromatic hydroxyl groups is 1. The van der Waals surface area contributed by atoms with E-state index in [4.69, 9.17) is 10.5 Å². The predicted molar refractivity (Wildman–Crippen MR) is 71.4 cm³/mol. The zero-order chi connectivity index (χ0) is 13.8. The lowest BCUT2D eigenvalue weighted by molar-refractivity contribution is 0.289. The molecule has 100 valence electrons. The molecule has 0 aliphatic carbocycles. The highest BCUT2D eigenvalue weighted by atomic mass is 19.1. The van der Waals surface area contributed by atoms with Crippen LogP contribution in [0.4, 0.5) is 4.39 Å². The zero-order valence-corrected chi connectivity index (χ0v) is 10.6. The number of phenolic OH excluding ortho intramolecular Hbond substituents is 1. The maximum Gasteiger partial charge on any atom is 0.165 e. The number of ether oxygens (including phenoxy) is 1. The molecule has 0 bridgehead atoms. The topological polar surface area (TPSA) is 55.5 Å². The average Bonchev–Trinajstić information content (AvgIpc) is 2.37. The Balaban J connectivity index is 2.07. The quantitative estimate of drug-likeness (QED) is 0.889. The SMILES string of the molecule is C[C@@H](N)c1ccc(OCc2cccc(O)c2)c(F)c1. The molecule has 0 heterocycles. The van der Waals surface area contributed by atoms with Gasteiger partial charge in [-0.1, -0.05) is 18.2 Å². The summed E-state index contributed by atoms with van der Waals surface area (Å²) in [5.41, 5.74) is 7.18. The first kappa shape index (κ1) is 13.4. The first-order valence-corrected chi connectivity index (χ1v) is 6.02. The fourth-order valence-electron chi connectivity index (χ4n) is 1.72. The third kappa shape index (κ3) is 3.45. The molecule has 3 N–H and O–H groups in total. The maximum absolute atomic E-state index is 13.8. The molecule has 0 radical (unpaired) electrons. The molecule has 0 amide bonds. The van der Waals surface area contributed by atoms with Crippen molar-refractivity contribution in [2.24, 2.45) is 5.73 Å². The van der Waals surface area contributed by atoms with Gasteiger partial charge >= 0.3 is 0 Å². The lowest BCUT2D eigenvalue weighted by Crippen LogP contribution is -2.06. The van der Waals surface area contributed by atoms with Crippen molar-refractivity contribution in [3.05, 3.63) is 59.4 Å². The number of halogens is 1. The minimum atomic E-state index is -0.435. The molecule has 0 fully saturated rings. The largest absolute Gasteiger partial charge is 0.508 e. The van der Waals surface area contributed by atoms with Crippen LogP contribution in [0.2, 0.25) is 0 Å². The number of benzene rings is 2. The molecule has 1 atom stereocenters. The van der Waals surface area contributed by atoms with E-state index in [1.54, 1.807) is 43.3 Å². The normalized spacial score (nSPS) is 12.2. The van der Waals surface area contributed by atoms with E-state index >= 15 is 0 Å². The minimum absolute atomic E-state index is 0.161. The highest BCUT2D eigenvalue weighted by Gasteiger charge is 2.07. The Labute approximate surface area is 111 Å². The van der Waals surface area contributed by atoms with Crippen molar-refractivity contribution in [1.82, 2.24) is 0 Å². The van der Waals surface area contributed by atoms with E-state index in [1.807, 2.05) is 0 Å². The summed E-state index contributed by atoms with van der Waals surface area (Å²) in [7, 11) is 0. The second-order valence-electron chi connectivity index (χ2n) is 4.44. The summed E-state index contributed by atoms with van der Waals surface area (Å²) in [6, 6.07) is 11.1. The van der Waals surface area contributed by atoms with Crippen LogP contribution in [0.15, 0.2) is 42.5 Å². The highest BCUT2D eigenvalue weighted by molar-refractivity contribution is 5.32. The molecule has 3 nitrogen and oxygen atoms in total. The Bertz CT molecular complexity index is 570. The fourth-order valence-corrected chi connectivity index (χ4v) is 1.72. The summed E-state index contributed by atoms with van der Waals surface area (Å²) in [4.78, 5) is 0. The Kier molecular flexibility index (Phi) is 4.02. The van der Waals surface area contributed by atoms with E-state index < -0.39 is 5.82 Å². The number of phenols is 1. The van der Waals surface area contributed by atoms with Crippen LogP contribution in [0.1, 0.15) is 24.1 Å². The van der Waals surface area contributed by atoms with Crippen LogP contribution in [-0.4, -0.2) is 5.11 Å². The van der Waals surface area contributed by atoms with Crippen molar-refractivity contribution in [2.75, 3.05) is 0 Å². The van der Waals surface area contributed by atoms with Gasteiger partial charge in [0, 0.05) is 6.04 Å². The molecular weight excluding hydrogens is 245 g/mol. The monoisotopic (exact) mass is 261 g/mol. The van der Waals surface area contributed by atoms with Gasteiger partial charge in [-0.15, -0.1) is 0 Å². The standard InChI is InChI=1S/C15H16FNO2/c1-10(17)12-5-6-15(14(16)8-12)19-9-11-3-2-4-13(18)7-11/h2-8,10,18H,9,17H2,1H3/t10-/m1/s1. The molecule has 0 saturated carbocycles. The van der Waals surface area contributed by atoms with Gasteiger partial charge in [-0.2, -0.15) is 0 Å². The predicted octanol–water partition coefficient (Wildman–Crippen LogP) is 3.13. The molecule has 2 aromatic rings. The first-order valence-electron chi connectivity index (χ1n) is 6.02. The molecule has 0 saturated heterocycles. The first-order chi connectivity index (χ1) is 9.06. The molecule has 0 aromatic heterocycles. The Morgan fingerprint density at radius 1 is 1.26 bits per heavy atom. The van der Waals surface area contributed by atoms with E-state index in [0.29, 0.717) is 0 Å². The van der Waals surface area contributed by atoms with Crippen LogP contribution in [0.3, 0.4) is 0 Å². The Hall–Kier alpha value is -2.07. The summed E-state index contributed by atoms with van der Waals surface area (Å²) in [6.45, 7) is 1.99. The van der Waals surface area contributed by atoms with Crippen LogP contribution in [0.25, 0.3) is 0 Å². The van der Waals surface area contributed by atoms with E-state index in [-0.39, 0.29) is 24.1 Å². The van der Waals surface area contributed by atoms with Crippen LogP contribution in [-0.2, 0) is 6.61 Å². The van der Waals surface area contributed by atoms with Crippen molar-refractivity contribution < 1.29 is 14.2 Å².